The van der Waals surface area contributed by atoms with Crippen LogP contribution in [0.1, 0.15) is 11.1 Å². The summed E-state index contributed by atoms with van der Waals surface area (Å²) >= 11 is 3.45. The summed E-state index contributed by atoms with van der Waals surface area (Å²) in [6, 6.07) is 14.2. The predicted octanol–water partition coefficient (Wildman–Crippen LogP) is 1.59. The molecule has 0 unspecified atom stereocenters. The minimum Gasteiger partial charge on any atom is -0.493 e. The van der Waals surface area contributed by atoms with E-state index in [0.717, 1.165) is 23.1 Å². The monoisotopic (exact) mass is 379 g/mol. The van der Waals surface area contributed by atoms with Crippen LogP contribution >= 0.6 is 15.9 Å². The average molecular weight is 380 g/mol. The molecule has 0 aliphatic carbocycles. The molecular formula is C17H20BrN2O3+. The van der Waals surface area contributed by atoms with Crippen molar-refractivity contribution in [2.75, 3.05) is 13.7 Å². The molecule has 1 amide bonds. The van der Waals surface area contributed by atoms with Crippen molar-refractivity contribution in [3.63, 3.8) is 0 Å². The van der Waals surface area contributed by atoms with Crippen LogP contribution in [0.5, 0.6) is 11.5 Å². The lowest BCUT2D eigenvalue weighted by atomic mass is 10.2. The summed E-state index contributed by atoms with van der Waals surface area (Å²) in [4.78, 5) is 10.9. The van der Waals surface area contributed by atoms with E-state index in [1.165, 1.54) is 5.56 Å². The molecule has 0 aliphatic rings. The number of carbonyl (C=O) groups is 1. The standard InChI is InChI=1S/C17H19BrN2O3/c1-22-15-8-13(7-14(18)17(15)23-11-16(19)21)10-20-9-12-5-3-2-4-6-12/h2-8,20H,9-11H2,1H3,(H2,19,21)/p+1. The highest BCUT2D eigenvalue weighted by Crippen LogP contribution is 2.36. The van der Waals surface area contributed by atoms with E-state index in [-0.39, 0.29) is 6.61 Å². The van der Waals surface area contributed by atoms with Gasteiger partial charge >= 0.3 is 0 Å². The van der Waals surface area contributed by atoms with Gasteiger partial charge in [0.25, 0.3) is 5.91 Å². The van der Waals surface area contributed by atoms with Crippen LogP contribution < -0.4 is 20.5 Å². The maximum atomic E-state index is 10.9. The van der Waals surface area contributed by atoms with E-state index >= 15 is 0 Å². The maximum absolute atomic E-state index is 10.9. The fraction of sp³-hybridized carbons (Fsp3) is 0.235. The molecule has 0 saturated carbocycles. The summed E-state index contributed by atoms with van der Waals surface area (Å²) in [6.07, 6.45) is 0. The van der Waals surface area contributed by atoms with E-state index in [4.69, 9.17) is 15.2 Å². The highest BCUT2D eigenvalue weighted by atomic mass is 79.9. The normalized spacial score (nSPS) is 10.3. The van der Waals surface area contributed by atoms with Crippen molar-refractivity contribution in [1.82, 2.24) is 0 Å². The molecule has 0 atom stereocenters. The lowest BCUT2D eigenvalue weighted by Gasteiger charge is -2.13. The van der Waals surface area contributed by atoms with Gasteiger partial charge in [-0.25, -0.2) is 0 Å². The molecule has 2 aromatic carbocycles. The first-order valence-electron chi connectivity index (χ1n) is 7.23. The molecule has 0 radical (unpaired) electrons. The largest absolute Gasteiger partial charge is 0.493 e. The summed E-state index contributed by atoms with van der Waals surface area (Å²) in [6.45, 7) is 1.52. The number of primary amides is 1. The second-order valence-electron chi connectivity index (χ2n) is 5.05. The Labute approximate surface area is 143 Å². The average Bonchev–Trinajstić information content (AvgIpc) is 2.54. The lowest BCUT2D eigenvalue weighted by molar-refractivity contribution is -0.686. The van der Waals surface area contributed by atoms with Gasteiger partial charge in [0, 0.05) is 11.1 Å². The number of rotatable bonds is 8. The van der Waals surface area contributed by atoms with Gasteiger partial charge in [0.2, 0.25) is 0 Å². The van der Waals surface area contributed by atoms with Crippen LogP contribution in [-0.2, 0) is 17.9 Å². The summed E-state index contributed by atoms with van der Waals surface area (Å²) in [5.74, 6) is 0.529. The van der Waals surface area contributed by atoms with Crippen LogP contribution in [0.3, 0.4) is 0 Å². The van der Waals surface area contributed by atoms with E-state index in [2.05, 4.69) is 33.4 Å². The van der Waals surface area contributed by atoms with E-state index in [9.17, 15) is 4.79 Å². The highest BCUT2D eigenvalue weighted by molar-refractivity contribution is 9.10. The molecule has 0 aliphatic heterocycles. The fourth-order valence-corrected chi connectivity index (χ4v) is 2.80. The summed E-state index contributed by atoms with van der Waals surface area (Å²) in [5.41, 5.74) is 7.48. The number of nitrogens with two attached hydrogens (primary N) is 2. The summed E-state index contributed by atoms with van der Waals surface area (Å²) in [7, 11) is 1.57. The van der Waals surface area contributed by atoms with Crippen LogP contribution in [-0.4, -0.2) is 19.6 Å². The smallest absolute Gasteiger partial charge is 0.255 e. The topological polar surface area (TPSA) is 78.2 Å². The number of carbonyl (C=O) groups excluding carboxylic acids is 1. The van der Waals surface area contributed by atoms with Crippen LogP contribution in [0.15, 0.2) is 46.9 Å². The van der Waals surface area contributed by atoms with Crippen molar-refractivity contribution in [3.8, 4) is 11.5 Å². The number of benzene rings is 2. The third-order valence-corrected chi connectivity index (χ3v) is 3.84. The van der Waals surface area contributed by atoms with Gasteiger partial charge in [-0.3, -0.25) is 4.79 Å². The minimum absolute atomic E-state index is 0.186. The predicted molar refractivity (Wildman–Crippen MR) is 91.2 cm³/mol. The lowest BCUT2D eigenvalue weighted by Crippen LogP contribution is -2.80. The van der Waals surface area contributed by atoms with Gasteiger partial charge < -0.3 is 20.5 Å². The zero-order valence-corrected chi connectivity index (χ0v) is 14.5. The maximum Gasteiger partial charge on any atom is 0.255 e. The molecule has 23 heavy (non-hydrogen) atoms. The second-order valence-corrected chi connectivity index (χ2v) is 5.90. The van der Waals surface area contributed by atoms with Crippen molar-refractivity contribution in [3.05, 3.63) is 58.1 Å². The van der Waals surface area contributed by atoms with Gasteiger partial charge in [-0.15, -0.1) is 0 Å². The van der Waals surface area contributed by atoms with Crippen LogP contribution in [0.25, 0.3) is 0 Å². The van der Waals surface area contributed by atoms with Crippen molar-refractivity contribution in [1.29, 1.82) is 0 Å². The molecule has 0 aromatic heterocycles. The van der Waals surface area contributed by atoms with Crippen LogP contribution in [0, 0.1) is 0 Å². The van der Waals surface area contributed by atoms with Gasteiger partial charge in [-0.2, -0.15) is 0 Å². The second kappa shape index (κ2) is 8.55. The molecule has 0 bridgehead atoms. The minimum atomic E-state index is -0.528. The van der Waals surface area contributed by atoms with E-state index < -0.39 is 5.91 Å². The Morgan fingerprint density at radius 2 is 1.87 bits per heavy atom. The van der Waals surface area contributed by atoms with Gasteiger partial charge in [0.1, 0.15) is 13.1 Å². The van der Waals surface area contributed by atoms with Crippen molar-refractivity contribution < 1.29 is 19.6 Å². The Bertz CT molecular complexity index is 662. The molecule has 0 fully saturated rings. The summed E-state index contributed by atoms with van der Waals surface area (Å²) < 4.78 is 11.5. The summed E-state index contributed by atoms with van der Waals surface area (Å²) in [5, 5.41) is 2.21. The molecule has 6 heteroatoms. The Balaban J connectivity index is 2.02. The molecule has 4 N–H and O–H groups in total. The first-order valence-corrected chi connectivity index (χ1v) is 8.02. The number of halogens is 1. The van der Waals surface area contributed by atoms with Crippen LogP contribution in [0.4, 0.5) is 0 Å². The first-order chi connectivity index (χ1) is 11.1. The molecule has 2 rings (SSSR count). The zero-order chi connectivity index (χ0) is 16.7. The Hall–Kier alpha value is -2.05. The molecule has 5 nitrogen and oxygen atoms in total. The Morgan fingerprint density at radius 1 is 1.17 bits per heavy atom. The number of methoxy groups -OCH3 is 1. The molecule has 2 aromatic rings. The number of hydrogen-bond acceptors (Lipinski definition) is 3. The third-order valence-electron chi connectivity index (χ3n) is 3.25. The van der Waals surface area contributed by atoms with Gasteiger partial charge in [0.05, 0.1) is 11.6 Å². The molecular weight excluding hydrogens is 360 g/mol. The van der Waals surface area contributed by atoms with Crippen molar-refractivity contribution >= 4 is 21.8 Å². The van der Waals surface area contributed by atoms with Crippen molar-refractivity contribution in [2.24, 2.45) is 5.73 Å². The first kappa shape index (κ1) is 17.3. The number of quaternary nitrogens is 1. The SMILES string of the molecule is COc1cc(C[NH2+]Cc2ccccc2)cc(Br)c1OCC(N)=O. The van der Waals surface area contributed by atoms with E-state index in [0.29, 0.717) is 11.5 Å². The Kier molecular flexibility index (Phi) is 6.43. The number of hydrogen-bond donors (Lipinski definition) is 2. The van der Waals surface area contributed by atoms with Gasteiger partial charge in [0.15, 0.2) is 18.1 Å². The zero-order valence-electron chi connectivity index (χ0n) is 12.9. The number of ether oxygens (including phenoxy) is 2. The van der Waals surface area contributed by atoms with Crippen molar-refractivity contribution in [2.45, 2.75) is 13.1 Å². The third kappa shape index (κ3) is 5.26. The molecule has 0 spiro atoms. The molecule has 122 valence electrons. The highest BCUT2D eigenvalue weighted by Gasteiger charge is 2.13. The fourth-order valence-electron chi connectivity index (χ4n) is 2.19. The quantitative estimate of drug-likeness (QED) is 0.730. The number of amides is 1. The van der Waals surface area contributed by atoms with Gasteiger partial charge in [-0.1, -0.05) is 30.3 Å². The van der Waals surface area contributed by atoms with Crippen LogP contribution in [0.2, 0.25) is 0 Å². The molecule has 0 heterocycles. The molecule has 0 saturated heterocycles. The van der Waals surface area contributed by atoms with Gasteiger partial charge in [-0.05, 0) is 28.1 Å². The van der Waals surface area contributed by atoms with E-state index in [1.54, 1.807) is 7.11 Å². The Morgan fingerprint density at radius 3 is 2.52 bits per heavy atom. The van der Waals surface area contributed by atoms with E-state index in [1.807, 2.05) is 30.3 Å².